The van der Waals surface area contributed by atoms with Gasteiger partial charge in [-0.15, -0.1) is 11.6 Å². The van der Waals surface area contributed by atoms with Gasteiger partial charge in [-0.1, -0.05) is 17.7 Å². The zero-order chi connectivity index (χ0) is 10.6. The summed E-state index contributed by atoms with van der Waals surface area (Å²) in [5, 5.41) is -0.385. The molecule has 0 N–H and O–H groups in total. The molecule has 1 aromatic rings. The third kappa shape index (κ3) is 2.77. The summed E-state index contributed by atoms with van der Waals surface area (Å²) in [5.74, 6) is 0.772. The molecule has 2 nitrogen and oxygen atoms in total. The van der Waals surface area contributed by atoms with Gasteiger partial charge in [-0.2, -0.15) is 0 Å². The second-order valence-electron chi connectivity index (χ2n) is 2.43. The number of hydrogen-bond donors (Lipinski definition) is 0. The molecule has 0 radical (unpaired) electrons. The Morgan fingerprint density at radius 2 is 2.14 bits per heavy atom. The topological polar surface area (TPSA) is 26.3 Å². The molecule has 0 aliphatic carbocycles. The molecule has 0 saturated heterocycles. The van der Waals surface area contributed by atoms with Crippen LogP contribution < -0.4 is 4.74 Å². The van der Waals surface area contributed by atoms with Crippen LogP contribution in [0, 0.1) is 0 Å². The first kappa shape index (κ1) is 11.6. The normalized spacial score (nSPS) is 9.93. The molecule has 76 valence electrons. The molecule has 0 heterocycles. The van der Waals surface area contributed by atoms with Crippen molar-refractivity contribution in [1.82, 2.24) is 0 Å². The maximum Gasteiger partial charge on any atom is 0.254 e. The lowest BCUT2D eigenvalue weighted by Gasteiger charge is -2.07. The minimum Gasteiger partial charge on any atom is -0.491 e. The average molecular weight is 254 g/mol. The van der Waals surface area contributed by atoms with Gasteiger partial charge in [0.25, 0.3) is 5.24 Å². The summed E-state index contributed by atoms with van der Waals surface area (Å²) < 4.78 is 5.20. The number of benzene rings is 1. The largest absolute Gasteiger partial charge is 0.491 e. The number of hydrogen-bond acceptors (Lipinski definition) is 2. The third-order valence-electron chi connectivity index (χ3n) is 1.51. The van der Waals surface area contributed by atoms with Gasteiger partial charge in [0.1, 0.15) is 12.4 Å². The van der Waals surface area contributed by atoms with Crippen LogP contribution in [0.3, 0.4) is 0 Å². The Labute approximate surface area is 96.7 Å². The van der Waals surface area contributed by atoms with E-state index in [0.29, 0.717) is 18.2 Å². The Bertz CT molecular complexity index is 339. The van der Waals surface area contributed by atoms with E-state index in [2.05, 4.69) is 0 Å². The van der Waals surface area contributed by atoms with Crippen molar-refractivity contribution in [3.05, 3.63) is 28.8 Å². The van der Waals surface area contributed by atoms with E-state index in [0.717, 1.165) is 0 Å². The van der Waals surface area contributed by atoms with Gasteiger partial charge in [0.2, 0.25) is 0 Å². The highest BCUT2D eigenvalue weighted by Gasteiger charge is 2.11. The Morgan fingerprint density at radius 1 is 1.43 bits per heavy atom. The molecule has 1 rings (SSSR count). The lowest BCUT2D eigenvalue weighted by Crippen LogP contribution is -2.00. The van der Waals surface area contributed by atoms with E-state index in [9.17, 15) is 4.79 Å². The summed E-state index contributed by atoms with van der Waals surface area (Å²) in [4.78, 5) is 10.9. The van der Waals surface area contributed by atoms with Crippen LogP contribution in [0.4, 0.5) is 0 Å². The average Bonchev–Trinajstić information content (AvgIpc) is 2.16. The standard InChI is InChI=1S/C9H7Cl3O2/c10-4-5-14-7-3-1-2-6(8(7)11)9(12)13/h1-3H,4-5H2. The summed E-state index contributed by atoms with van der Waals surface area (Å²) in [6.07, 6.45) is 0. The number of alkyl halides is 1. The van der Waals surface area contributed by atoms with Crippen molar-refractivity contribution in [2.45, 2.75) is 0 Å². The Balaban J connectivity index is 2.95. The van der Waals surface area contributed by atoms with Gasteiger partial charge < -0.3 is 4.74 Å². The number of carbonyl (C=O) groups excluding carboxylic acids is 1. The first-order chi connectivity index (χ1) is 6.66. The van der Waals surface area contributed by atoms with Gasteiger partial charge in [-0.3, -0.25) is 4.79 Å². The Morgan fingerprint density at radius 3 is 2.71 bits per heavy atom. The van der Waals surface area contributed by atoms with Crippen molar-refractivity contribution in [1.29, 1.82) is 0 Å². The summed E-state index contributed by atoms with van der Waals surface area (Å²) >= 11 is 16.6. The van der Waals surface area contributed by atoms with Gasteiger partial charge >= 0.3 is 0 Å². The molecule has 0 aliphatic rings. The molecule has 0 saturated carbocycles. The highest BCUT2D eigenvalue weighted by Crippen LogP contribution is 2.28. The van der Waals surface area contributed by atoms with E-state index >= 15 is 0 Å². The number of ether oxygens (including phenoxy) is 1. The Hall–Kier alpha value is -0.440. The van der Waals surface area contributed by atoms with E-state index < -0.39 is 5.24 Å². The number of rotatable bonds is 4. The van der Waals surface area contributed by atoms with Crippen LogP contribution in [0.15, 0.2) is 18.2 Å². The van der Waals surface area contributed by atoms with Crippen molar-refractivity contribution < 1.29 is 9.53 Å². The molecular formula is C9H7Cl3O2. The molecule has 14 heavy (non-hydrogen) atoms. The fourth-order valence-corrected chi connectivity index (χ4v) is 1.47. The van der Waals surface area contributed by atoms with Crippen LogP contribution in [0.25, 0.3) is 0 Å². The van der Waals surface area contributed by atoms with Crippen LogP contribution in [0.1, 0.15) is 10.4 Å². The van der Waals surface area contributed by atoms with Crippen LogP contribution in [0.5, 0.6) is 5.75 Å². The molecule has 5 heteroatoms. The van der Waals surface area contributed by atoms with Crippen LogP contribution in [-0.4, -0.2) is 17.7 Å². The quantitative estimate of drug-likeness (QED) is 0.608. The predicted octanol–water partition coefficient (Wildman–Crippen LogP) is 3.34. The second kappa shape index (κ2) is 5.44. The lowest BCUT2D eigenvalue weighted by molar-refractivity contribution is 0.108. The van der Waals surface area contributed by atoms with Gasteiger partial charge in [0.15, 0.2) is 0 Å². The fourth-order valence-electron chi connectivity index (χ4n) is 0.923. The van der Waals surface area contributed by atoms with E-state index in [1.165, 1.54) is 6.07 Å². The molecule has 0 aliphatic heterocycles. The smallest absolute Gasteiger partial charge is 0.254 e. The summed E-state index contributed by atoms with van der Waals surface area (Å²) in [6.45, 7) is 0.335. The molecular weight excluding hydrogens is 246 g/mol. The van der Waals surface area contributed by atoms with Crippen molar-refractivity contribution in [2.24, 2.45) is 0 Å². The molecule has 0 spiro atoms. The molecule has 0 aromatic heterocycles. The van der Waals surface area contributed by atoms with Gasteiger partial charge in [0.05, 0.1) is 16.5 Å². The SMILES string of the molecule is O=C(Cl)c1cccc(OCCCl)c1Cl. The third-order valence-corrected chi connectivity index (χ3v) is 2.26. The number of carbonyl (C=O) groups is 1. The maximum atomic E-state index is 10.9. The van der Waals surface area contributed by atoms with E-state index in [-0.39, 0.29) is 10.6 Å². The summed E-state index contributed by atoms with van der Waals surface area (Å²) in [6, 6.07) is 4.83. The summed E-state index contributed by atoms with van der Waals surface area (Å²) in [5.41, 5.74) is 0.236. The van der Waals surface area contributed by atoms with Crippen LogP contribution in [-0.2, 0) is 0 Å². The molecule has 0 unspecified atom stereocenters. The first-order valence-electron chi connectivity index (χ1n) is 3.84. The zero-order valence-electron chi connectivity index (χ0n) is 7.10. The lowest BCUT2D eigenvalue weighted by atomic mass is 10.2. The highest BCUT2D eigenvalue weighted by molar-refractivity contribution is 6.68. The summed E-state index contributed by atoms with van der Waals surface area (Å²) in [7, 11) is 0. The zero-order valence-corrected chi connectivity index (χ0v) is 9.36. The predicted molar refractivity (Wildman–Crippen MR) is 57.9 cm³/mol. The van der Waals surface area contributed by atoms with Crippen molar-refractivity contribution in [3.63, 3.8) is 0 Å². The monoisotopic (exact) mass is 252 g/mol. The highest BCUT2D eigenvalue weighted by atomic mass is 35.5. The number of halogens is 3. The molecule has 0 amide bonds. The van der Waals surface area contributed by atoms with Gasteiger partial charge in [-0.05, 0) is 23.7 Å². The van der Waals surface area contributed by atoms with E-state index in [1.807, 2.05) is 0 Å². The second-order valence-corrected chi connectivity index (χ2v) is 3.53. The van der Waals surface area contributed by atoms with Crippen LogP contribution in [0.2, 0.25) is 5.02 Å². The van der Waals surface area contributed by atoms with Crippen molar-refractivity contribution >= 4 is 40.0 Å². The van der Waals surface area contributed by atoms with Crippen LogP contribution >= 0.6 is 34.8 Å². The molecule has 0 bridgehead atoms. The minimum atomic E-state index is -0.605. The first-order valence-corrected chi connectivity index (χ1v) is 5.13. The maximum absolute atomic E-state index is 10.9. The van der Waals surface area contributed by atoms with E-state index in [4.69, 9.17) is 39.5 Å². The molecule has 1 aromatic carbocycles. The van der Waals surface area contributed by atoms with Crippen molar-refractivity contribution in [3.8, 4) is 5.75 Å². The van der Waals surface area contributed by atoms with Gasteiger partial charge in [0, 0.05) is 0 Å². The Kier molecular flexibility index (Phi) is 4.52. The van der Waals surface area contributed by atoms with Crippen molar-refractivity contribution in [2.75, 3.05) is 12.5 Å². The fraction of sp³-hybridized carbons (Fsp3) is 0.222. The minimum absolute atomic E-state index is 0.220. The molecule has 0 atom stereocenters. The van der Waals surface area contributed by atoms with Gasteiger partial charge in [-0.25, -0.2) is 0 Å². The molecule has 0 fully saturated rings. The van der Waals surface area contributed by atoms with E-state index in [1.54, 1.807) is 12.1 Å².